The molecular weight excluding hydrogens is 444 g/mol. The van der Waals surface area contributed by atoms with Crippen LogP contribution < -0.4 is 0 Å². The third-order valence-electron chi connectivity index (χ3n) is 6.23. The van der Waals surface area contributed by atoms with Crippen molar-refractivity contribution >= 4 is 17.4 Å². The van der Waals surface area contributed by atoms with Crippen LogP contribution in [-0.2, 0) is 6.42 Å². The number of rotatable bonds is 6. The number of fused-ring (bicyclic) bond motifs is 1. The highest BCUT2D eigenvalue weighted by Crippen LogP contribution is 2.41. The minimum absolute atomic E-state index is 0.0221. The summed E-state index contributed by atoms with van der Waals surface area (Å²) in [5, 5.41) is 16.9. The van der Waals surface area contributed by atoms with Crippen molar-refractivity contribution in [1.82, 2.24) is 14.7 Å². The Morgan fingerprint density at radius 1 is 1.17 bits per heavy atom. The number of nitro groups is 1. The summed E-state index contributed by atoms with van der Waals surface area (Å²) in [7, 11) is 1.69. The molecule has 2 aromatic carbocycles. The monoisotopic (exact) mass is 474 g/mol. The Hall–Kier alpha value is -3.81. The van der Waals surface area contributed by atoms with Gasteiger partial charge in [-0.3, -0.25) is 19.7 Å². The van der Waals surface area contributed by atoms with Crippen LogP contribution in [0.3, 0.4) is 0 Å². The van der Waals surface area contributed by atoms with Crippen LogP contribution in [-0.4, -0.2) is 44.9 Å². The molecule has 8 heteroatoms. The zero-order valence-electron chi connectivity index (χ0n) is 20.7. The number of hydrogen-bond donors (Lipinski definition) is 0. The van der Waals surface area contributed by atoms with Crippen LogP contribution in [0.5, 0.6) is 0 Å². The Morgan fingerprint density at radius 3 is 2.49 bits per heavy atom. The first-order valence-corrected chi connectivity index (χ1v) is 11.7. The highest BCUT2D eigenvalue weighted by atomic mass is 16.6. The van der Waals surface area contributed by atoms with E-state index in [1.165, 1.54) is 10.7 Å². The average molecular weight is 475 g/mol. The topological polar surface area (TPSA) is 98.3 Å². The van der Waals surface area contributed by atoms with Crippen molar-refractivity contribution in [2.24, 2.45) is 11.3 Å². The second-order valence-electron chi connectivity index (χ2n) is 10.4. The van der Waals surface area contributed by atoms with E-state index in [4.69, 9.17) is 5.10 Å². The fourth-order valence-corrected chi connectivity index (χ4v) is 4.78. The summed E-state index contributed by atoms with van der Waals surface area (Å²) in [4.78, 5) is 39.3. The predicted molar refractivity (Wildman–Crippen MR) is 134 cm³/mol. The van der Waals surface area contributed by atoms with Gasteiger partial charge >= 0.3 is 0 Å². The van der Waals surface area contributed by atoms with Crippen LogP contribution in [0.1, 0.15) is 60.5 Å². The molecule has 0 aliphatic heterocycles. The first-order valence-electron chi connectivity index (χ1n) is 11.7. The van der Waals surface area contributed by atoms with Gasteiger partial charge in [0.1, 0.15) is 11.4 Å². The molecule has 0 unspecified atom stereocenters. The van der Waals surface area contributed by atoms with Crippen molar-refractivity contribution in [3.05, 3.63) is 75.5 Å². The smallest absolute Gasteiger partial charge is 0.295 e. The normalized spacial score (nSPS) is 14.6. The van der Waals surface area contributed by atoms with Crippen molar-refractivity contribution in [2.45, 2.75) is 40.5 Å². The average Bonchev–Trinajstić information content (AvgIpc) is 3.16. The van der Waals surface area contributed by atoms with Gasteiger partial charge in [0.05, 0.1) is 16.2 Å². The molecule has 4 rings (SSSR count). The minimum atomic E-state index is -0.499. The van der Waals surface area contributed by atoms with Crippen LogP contribution in [0, 0.1) is 21.4 Å². The highest BCUT2D eigenvalue weighted by Gasteiger charge is 2.38. The molecule has 0 N–H and O–H groups in total. The number of aromatic nitrogens is 2. The van der Waals surface area contributed by atoms with E-state index in [1.54, 1.807) is 24.1 Å². The van der Waals surface area contributed by atoms with Crippen LogP contribution in [0.25, 0.3) is 16.9 Å². The van der Waals surface area contributed by atoms with Crippen molar-refractivity contribution in [3.8, 4) is 16.9 Å². The molecule has 8 nitrogen and oxygen atoms in total. The summed E-state index contributed by atoms with van der Waals surface area (Å²) in [5.41, 5.74) is 2.42. The van der Waals surface area contributed by atoms with Crippen LogP contribution in [0.2, 0.25) is 0 Å². The molecule has 0 fully saturated rings. The molecule has 0 bridgehead atoms. The maximum Gasteiger partial charge on any atom is 0.295 e. The number of ketones is 1. The number of carbonyl (C=O) groups is 2. The zero-order chi connectivity index (χ0) is 25.5. The van der Waals surface area contributed by atoms with E-state index in [0.29, 0.717) is 36.3 Å². The highest BCUT2D eigenvalue weighted by molar-refractivity contribution is 6.04. The van der Waals surface area contributed by atoms with Crippen molar-refractivity contribution in [2.75, 3.05) is 13.6 Å². The third-order valence-corrected chi connectivity index (χ3v) is 6.23. The van der Waals surface area contributed by atoms with E-state index < -0.39 is 4.92 Å². The molecule has 0 saturated carbocycles. The van der Waals surface area contributed by atoms with Crippen molar-refractivity contribution in [3.63, 3.8) is 0 Å². The quantitative estimate of drug-likeness (QED) is 0.355. The second-order valence-corrected chi connectivity index (χ2v) is 10.4. The molecule has 1 aliphatic carbocycles. The number of benzene rings is 2. The molecular formula is C27H30N4O4. The molecule has 1 aromatic heterocycles. The second kappa shape index (κ2) is 9.09. The lowest BCUT2D eigenvalue weighted by Crippen LogP contribution is -2.30. The first-order chi connectivity index (χ1) is 16.5. The fourth-order valence-electron chi connectivity index (χ4n) is 4.78. The summed E-state index contributed by atoms with van der Waals surface area (Å²) in [6.45, 7) is 8.56. The van der Waals surface area contributed by atoms with Gasteiger partial charge < -0.3 is 4.90 Å². The Bertz CT molecular complexity index is 1310. The summed E-state index contributed by atoms with van der Waals surface area (Å²) in [6, 6.07) is 13.8. The van der Waals surface area contributed by atoms with Crippen molar-refractivity contribution < 1.29 is 14.5 Å². The van der Waals surface area contributed by atoms with Gasteiger partial charge in [0.15, 0.2) is 5.78 Å². The SMILES string of the molecule is CC(C)CN(C)C(=O)c1ccc(-n2nc(-c3ccccc3)c3c2CC(C)(C)CC3=O)c([N+](=O)[O-])c1. The molecule has 1 aliphatic rings. The summed E-state index contributed by atoms with van der Waals surface area (Å²) in [5.74, 6) is -0.0330. The van der Waals surface area contributed by atoms with Gasteiger partial charge in [0.2, 0.25) is 0 Å². The van der Waals surface area contributed by atoms with Gasteiger partial charge in [-0.15, -0.1) is 0 Å². The molecule has 0 saturated heterocycles. The van der Waals surface area contributed by atoms with Gasteiger partial charge in [-0.2, -0.15) is 5.10 Å². The largest absolute Gasteiger partial charge is 0.341 e. The van der Waals surface area contributed by atoms with E-state index in [2.05, 4.69) is 0 Å². The first kappa shape index (κ1) is 24.3. The van der Waals surface area contributed by atoms with E-state index in [-0.39, 0.29) is 40.0 Å². The van der Waals surface area contributed by atoms with Crippen molar-refractivity contribution in [1.29, 1.82) is 0 Å². The molecule has 0 radical (unpaired) electrons. The molecule has 0 spiro atoms. The maximum atomic E-state index is 13.2. The standard InChI is InChI=1S/C27H30N4O4/c1-17(2)16-29(5)26(33)19-11-12-20(21(13-19)31(34)35)30-22-14-27(3,4)15-23(32)24(22)25(28-30)18-9-7-6-8-10-18/h6-13,17H,14-16H2,1-5H3. The molecule has 3 aromatic rings. The fraction of sp³-hybridized carbons (Fsp3) is 0.370. The summed E-state index contributed by atoms with van der Waals surface area (Å²) in [6.07, 6.45) is 0.923. The number of amides is 1. The van der Waals surface area contributed by atoms with E-state index in [1.807, 2.05) is 58.0 Å². The van der Waals surface area contributed by atoms with Gasteiger partial charge in [0.25, 0.3) is 11.6 Å². The molecule has 1 amide bonds. The maximum absolute atomic E-state index is 13.2. The van der Waals surface area contributed by atoms with Gasteiger partial charge in [-0.25, -0.2) is 4.68 Å². The predicted octanol–water partition coefficient (Wildman–Crippen LogP) is 5.33. The van der Waals surface area contributed by atoms with E-state index in [0.717, 1.165) is 5.56 Å². The van der Waals surface area contributed by atoms with Crippen LogP contribution in [0.15, 0.2) is 48.5 Å². The number of carbonyl (C=O) groups excluding carboxylic acids is 2. The molecule has 0 atom stereocenters. The lowest BCUT2D eigenvalue weighted by molar-refractivity contribution is -0.384. The van der Waals surface area contributed by atoms with E-state index in [9.17, 15) is 19.7 Å². The number of nitrogens with zero attached hydrogens (tertiary/aromatic N) is 4. The van der Waals surface area contributed by atoms with E-state index >= 15 is 0 Å². The molecule has 35 heavy (non-hydrogen) atoms. The van der Waals surface area contributed by atoms with Crippen LogP contribution >= 0.6 is 0 Å². The number of hydrogen-bond acceptors (Lipinski definition) is 5. The van der Waals surface area contributed by atoms with Crippen LogP contribution in [0.4, 0.5) is 5.69 Å². The lowest BCUT2D eigenvalue weighted by Gasteiger charge is -2.29. The Morgan fingerprint density at radius 2 is 1.86 bits per heavy atom. The Kier molecular flexibility index (Phi) is 6.32. The molecule has 182 valence electrons. The summed E-state index contributed by atoms with van der Waals surface area (Å²) < 4.78 is 1.53. The zero-order valence-corrected chi connectivity index (χ0v) is 20.7. The Labute approximate surface area is 204 Å². The minimum Gasteiger partial charge on any atom is -0.341 e. The van der Waals surface area contributed by atoms with Gasteiger partial charge in [-0.05, 0) is 29.9 Å². The summed E-state index contributed by atoms with van der Waals surface area (Å²) >= 11 is 0. The molecule has 1 heterocycles. The Balaban J connectivity index is 1.89. The third kappa shape index (κ3) is 4.73. The number of nitro benzene ring substituents is 1. The van der Waals surface area contributed by atoms with Gasteiger partial charge in [0, 0.05) is 37.2 Å². The lowest BCUT2D eigenvalue weighted by atomic mass is 9.75. The van der Waals surface area contributed by atoms with Gasteiger partial charge in [-0.1, -0.05) is 58.0 Å². The number of Topliss-reactive ketones (excluding diaryl/α,β-unsaturated/α-hetero) is 1.